The summed E-state index contributed by atoms with van der Waals surface area (Å²) in [5.41, 5.74) is 5.96. The molecule has 16 heavy (non-hydrogen) atoms. The highest BCUT2D eigenvalue weighted by molar-refractivity contribution is 5.82. The number of hydrogen-bond acceptors (Lipinski definition) is 3. The topological polar surface area (TPSA) is 55.6 Å². The lowest BCUT2D eigenvalue weighted by Crippen LogP contribution is -2.50. The lowest BCUT2D eigenvalue weighted by atomic mass is 9.97. The van der Waals surface area contributed by atoms with Gasteiger partial charge in [0.15, 0.2) is 0 Å². The van der Waals surface area contributed by atoms with Crippen LogP contribution in [0.3, 0.4) is 0 Å². The molecule has 0 aromatic rings. The third-order valence-corrected chi connectivity index (χ3v) is 3.63. The lowest BCUT2D eigenvalue weighted by Gasteiger charge is -2.34. The highest BCUT2D eigenvalue weighted by atomic mass is 16.5. The number of carbonyl (C=O) groups excluding carboxylic acids is 1. The molecule has 1 amide bonds. The Morgan fingerprint density at radius 3 is 2.56 bits per heavy atom. The quantitative estimate of drug-likeness (QED) is 0.781. The Hall–Kier alpha value is -0.610. The number of likely N-dealkylation sites (N-methyl/N-ethyl adjacent to an activating group) is 1. The maximum atomic E-state index is 12.1. The average Bonchev–Trinajstić information content (AvgIpc) is 2.36. The zero-order valence-electron chi connectivity index (χ0n) is 10.6. The molecule has 1 rings (SSSR count). The van der Waals surface area contributed by atoms with E-state index in [1.54, 1.807) is 0 Å². The zero-order valence-corrected chi connectivity index (χ0v) is 10.6. The van der Waals surface area contributed by atoms with E-state index in [2.05, 4.69) is 6.92 Å². The minimum Gasteiger partial charge on any atom is -0.381 e. The first-order chi connectivity index (χ1) is 7.57. The van der Waals surface area contributed by atoms with Gasteiger partial charge in [-0.05, 0) is 18.8 Å². The summed E-state index contributed by atoms with van der Waals surface area (Å²) in [5.74, 6) is 0.316. The molecule has 94 valence electrons. The van der Waals surface area contributed by atoms with E-state index >= 15 is 0 Å². The fraction of sp³-hybridized carbons (Fsp3) is 0.917. The van der Waals surface area contributed by atoms with Crippen molar-refractivity contribution in [3.8, 4) is 0 Å². The number of amides is 1. The van der Waals surface area contributed by atoms with E-state index in [9.17, 15) is 4.79 Å². The van der Waals surface area contributed by atoms with Crippen LogP contribution in [0, 0.1) is 5.92 Å². The lowest BCUT2D eigenvalue weighted by molar-refractivity contribution is -0.136. The summed E-state index contributed by atoms with van der Waals surface area (Å²) in [4.78, 5) is 13.9. The van der Waals surface area contributed by atoms with E-state index in [4.69, 9.17) is 10.5 Å². The number of nitrogens with zero attached hydrogens (tertiary/aromatic N) is 1. The smallest absolute Gasteiger partial charge is 0.239 e. The summed E-state index contributed by atoms with van der Waals surface area (Å²) in [6.07, 6.45) is 2.79. The second-order valence-corrected chi connectivity index (χ2v) is 4.70. The van der Waals surface area contributed by atoms with Crippen molar-refractivity contribution >= 4 is 5.91 Å². The van der Waals surface area contributed by atoms with Crippen molar-refractivity contribution in [3.05, 3.63) is 0 Å². The molecule has 1 aliphatic rings. The molecule has 0 aliphatic carbocycles. The minimum absolute atomic E-state index is 0.0706. The number of nitrogens with two attached hydrogens (primary N) is 1. The molecule has 1 saturated heterocycles. The molecule has 2 atom stereocenters. The second-order valence-electron chi connectivity index (χ2n) is 4.70. The molecule has 1 unspecified atom stereocenters. The predicted octanol–water partition coefficient (Wildman–Crippen LogP) is 0.997. The van der Waals surface area contributed by atoms with Gasteiger partial charge in [0.25, 0.3) is 0 Å². The zero-order chi connectivity index (χ0) is 12.1. The maximum Gasteiger partial charge on any atom is 0.239 e. The summed E-state index contributed by atoms with van der Waals surface area (Å²) < 4.78 is 5.29. The van der Waals surface area contributed by atoms with Gasteiger partial charge in [0.05, 0.1) is 6.04 Å². The van der Waals surface area contributed by atoms with E-state index in [1.807, 2.05) is 18.9 Å². The normalized spacial score (nSPS) is 21.5. The van der Waals surface area contributed by atoms with E-state index < -0.39 is 0 Å². The summed E-state index contributed by atoms with van der Waals surface area (Å²) in [6, 6.07) is -0.0609. The van der Waals surface area contributed by atoms with Crippen molar-refractivity contribution in [3.63, 3.8) is 0 Å². The Morgan fingerprint density at radius 1 is 1.50 bits per heavy atom. The first kappa shape index (κ1) is 13.5. The third kappa shape index (κ3) is 3.19. The monoisotopic (exact) mass is 228 g/mol. The number of ether oxygens (including phenoxy) is 1. The van der Waals surface area contributed by atoms with Gasteiger partial charge in [-0.1, -0.05) is 20.3 Å². The molecule has 0 radical (unpaired) electrons. The highest BCUT2D eigenvalue weighted by Gasteiger charge is 2.28. The number of carbonyl (C=O) groups is 1. The average molecular weight is 228 g/mol. The molecule has 4 nitrogen and oxygen atoms in total. The summed E-state index contributed by atoms with van der Waals surface area (Å²) in [7, 11) is 1.86. The van der Waals surface area contributed by atoms with Gasteiger partial charge in [0.2, 0.25) is 5.91 Å². The van der Waals surface area contributed by atoms with E-state index in [0.717, 1.165) is 32.5 Å². The molecule has 0 bridgehead atoms. The van der Waals surface area contributed by atoms with Gasteiger partial charge in [-0.2, -0.15) is 0 Å². The van der Waals surface area contributed by atoms with Crippen LogP contribution >= 0.6 is 0 Å². The molecular weight excluding hydrogens is 204 g/mol. The first-order valence-electron chi connectivity index (χ1n) is 6.18. The highest BCUT2D eigenvalue weighted by Crippen LogP contribution is 2.16. The fourth-order valence-electron chi connectivity index (χ4n) is 1.98. The fourth-order valence-corrected chi connectivity index (χ4v) is 1.98. The Kier molecular flexibility index (Phi) is 5.22. The second kappa shape index (κ2) is 6.21. The third-order valence-electron chi connectivity index (χ3n) is 3.63. The van der Waals surface area contributed by atoms with Crippen LogP contribution in [0.2, 0.25) is 0 Å². The molecule has 4 heteroatoms. The minimum atomic E-state index is -0.363. The number of hydrogen-bond donors (Lipinski definition) is 1. The number of rotatable bonds is 4. The molecule has 0 spiro atoms. The van der Waals surface area contributed by atoms with Gasteiger partial charge in [0, 0.05) is 26.3 Å². The Balaban J connectivity index is 2.51. The van der Waals surface area contributed by atoms with Crippen molar-refractivity contribution in [2.24, 2.45) is 11.7 Å². The van der Waals surface area contributed by atoms with Crippen LogP contribution < -0.4 is 5.73 Å². The predicted molar refractivity (Wildman–Crippen MR) is 64.0 cm³/mol. The van der Waals surface area contributed by atoms with Gasteiger partial charge in [-0.25, -0.2) is 0 Å². The van der Waals surface area contributed by atoms with Crippen molar-refractivity contribution < 1.29 is 9.53 Å². The first-order valence-corrected chi connectivity index (χ1v) is 6.18. The van der Waals surface area contributed by atoms with Crippen LogP contribution in [0.5, 0.6) is 0 Å². The molecule has 2 N–H and O–H groups in total. The molecule has 1 aliphatic heterocycles. The van der Waals surface area contributed by atoms with Gasteiger partial charge in [0.1, 0.15) is 0 Å². The van der Waals surface area contributed by atoms with Gasteiger partial charge >= 0.3 is 0 Å². The van der Waals surface area contributed by atoms with Gasteiger partial charge in [-0.15, -0.1) is 0 Å². The van der Waals surface area contributed by atoms with Crippen LogP contribution in [0.25, 0.3) is 0 Å². The van der Waals surface area contributed by atoms with Crippen LogP contribution in [0.4, 0.5) is 0 Å². The molecular formula is C12H24N2O2. The summed E-state index contributed by atoms with van der Waals surface area (Å²) >= 11 is 0. The van der Waals surface area contributed by atoms with E-state index in [-0.39, 0.29) is 17.9 Å². The Labute approximate surface area is 98.1 Å². The summed E-state index contributed by atoms with van der Waals surface area (Å²) in [5, 5.41) is 0. The molecule has 0 saturated carbocycles. The Morgan fingerprint density at radius 2 is 2.06 bits per heavy atom. The standard InChI is InChI=1S/C12H24N2O2/c1-4-9(2)11(13)12(15)14(3)10-5-7-16-8-6-10/h9-11H,4-8,13H2,1-3H3/t9?,11-/m0/s1. The molecule has 0 aromatic carbocycles. The van der Waals surface area contributed by atoms with Crippen molar-refractivity contribution in [2.45, 2.75) is 45.2 Å². The molecule has 1 heterocycles. The van der Waals surface area contributed by atoms with Crippen molar-refractivity contribution in [1.29, 1.82) is 0 Å². The van der Waals surface area contributed by atoms with Crippen LogP contribution in [0.1, 0.15) is 33.1 Å². The van der Waals surface area contributed by atoms with Crippen LogP contribution in [-0.4, -0.2) is 43.2 Å². The summed E-state index contributed by atoms with van der Waals surface area (Å²) in [6.45, 7) is 5.59. The van der Waals surface area contributed by atoms with E-state index in [0.29, 0.717) is 6.04 Å². The molecule has 1 fully saturated rings. The van der Waals surface area contributed by atoms with Gasteiger partial charge < -0.3 is 15.4 Å². The molecule has 0 aromatic heterocycles. The van der Waals surface area contributed by atoms with Crippen LogP contribution in [0.15, 0.2) is 0 Å². The van der Waals surface area contributed by atoms with Crippen molar-refractivity contribution in [1.82, 2.24) is 4.90 Å². The SMILES string of the molecule is CCC(C)[C@H](N)C(=O)N(C)C1CCOCC1. The van der Waals surface area contributed by atoms with Crippen molar-refractivity contribution in [2.75, 3.05) is 20.3 Å². The van der Waals surface area contributed by atoms with Crippen LogP contribution in [-0.2, 0) is 9.53 Å². The van der Waals surface area contributed by atoms with E-state index in [1.165, 1.54) is 0 Å². The largest absolute Gasteiger partial charge is 0.381 e. The maximum absolute atomic E-state index is 12.1. The van der Waals surface area contributed by atoms with Gasteiger partial charge in [-0.3, -0.25) is 4.79 Å². The Bertz CT molecular complexity index is 227.